The Balaban J connectivity index is 1.63. The minimum absolute atomic E-state index is 0.00564. The Morgan fingerprint density at radius 2 is 1.74 bits per heavy atom. The van der Waals surface area contributed by atoms with Crippen molar-refractivity contribution in [1.29, 1.82) is 0 Å². The lowest BCUT2D eigenvalue weighted by atomic mass is 10.0. The number of anilines is 1. The van der Waals surface area contributed by atoms with Crippen LogP contribution < -0.4 is 10.6 Å². The first-order valence-corrected chi connectivity index (χ1v) is 8.80. The Morgan fingerprint density at radius 1 is 1.09 bits per heavy atom. The van der Waals surface area contributed by atoms with Gasteiger partial charge in [0.25, 0.3) is 0 Å². The van der Waals surface area contributed by atoms with Crippen molar-refractivity contribution in [3.05, 3.63) is 64.6 Å². The van der Waals surface area contributed by atoms with Crippen LogP contribution in [0.3, 0.4) is 0 Å². The smallest absolute Gasteiger partial charge is 0.241 e. The Bertz CT molecular complexity index is 653. The molecule has 0 bridgehead atoms. The van der Waals surface area contributed by atoms with Crippen LogP contribution in [-0.2, 0) is 4.79 Å². The predicted molar refractivity (Wildman–Crippen MR) is 97.3 cm³/mol. The van der Waals surface area contributed by atoms with Gasteiger partial charge in [0.05, 0.1) is 6.04 Å². The average Bonchev–Trinajstić information content (AvgIpc) is 3.40. The predicted octanol–water partition coefficient (Wildman–Crippen LogP) is 4.52. The summed E-state index contributed by atoms with van der Waals surface area (Å²) in [4.78, 5) is 12.4. The van der Waals surface area contributed by atoms with Crippen molar-refractivity contribution in [3.63, 3.8) is 0 Å². The Hall–Kier alpha value is -1.65. The minimum atomic E-state index is -0.246. The molecule has 1 aliphatic carbocycles. The third-order valence-electron chi connectivity index (χ3n) is 4.19. The number of hydrogen-bond acceptors (Lipinski definition) is 2. The van der Waals surface area contributed by atoms with Crippen molar-refractivity contribution in [2.24, 2.45) is 5.92 Å². The molecule has 1 aliphatic rings. The summed E-state index contributed by atoms with van der Waals surface area (Å²) in [5, 5.41) is 6.47. The van der Waals surface area contributed by atoms with Crippen molar-refractivity contribution >= 4 is 27.5 Å². The molecule has 0 aliphatic heterocycles. The molecule has 0 spiro atoms. The highest BCUT2D eigenvalue weighted by Gasteiger charge is 2.33. The Kier molecular flexibility index (Phi) is 5.13. The lowest BCUT2D eigenvalue weighted by molar-refractivity contribution is -0.118. The second-order valence-electron chi connectivity index (χ2n) is 6.11. The van der Waals surface area contributed by atoms with E-state index in [1.54, 1.807) is 0 Å². The van der Waals surface area contributed by atoms with Crippen molar-refractivity contribution in [1.82, 2.24) is 5.32 Å². The second kappa shape index (κ2) is 7.28. The number of carbonyl (C=O) groups excluding carboxylic acids is 1. The molecule has 3 rings (SSSR count). The van der Waals surface area contributed by atoms with E-state index in [1.807, 2.05) is 37.3 Å². The molecule has 1 saturated carbocycles. The van der Waals surface area contributed by atoms with Crippen molar-refractivity contribution in [3.8, 4) is 0 Å². The maximum atomic E-state index is 12.4. The summed E-state index contributed by atoms with van der Waals surface area (Å²) in [6, 6.07) is 18.0. The van der Waals surface area contributed by atoms with Gasteiger partial charge in [0.15, 0.2) is 0 Å². The van der Waals surface area contributed by atoms with Crippen LogP contribution in [0.4, 0.5) is 5.69 Å². The molecule has 2 aromatic rings. The number of halogens is 1. The third kappa shape index (κ3) is 4.43. The van der Waals surface area contributed by atoms with Crippen molar-refractivity contribution in [2.75, 3.05) is 5.32 Å². The zero-order valence-electron chi connectivity index (χ0n) is 13.1. The standard InChI is InChI=1S/C19H21BrN2O/c1-13(19(23)22-17-11-9-16(20)10-12-17)21-18(15-7-8-15)14-5-3-2-4-6-14/h2-6,9-13,15,18,21H,7-8H2,1H3,(H,22,23)/t13-,18+/m1/s1. The monoisotopic (exact) mass is 372 g/mol. The van der Waals surface area contributed by atoms with Crippen LogP contribution in [-0.4, -0.2) is 11.9 Å². The van der Waals surface area contributed by atoms with E-state index < -0.39 is 0 Å². The molecule has 4 heteroatoms. The second-order valence-corrected chi connectivity index (χ2v) is 7.03. The van der Waals surface area contributed by atoms with Gasteiger partial charge < -0.3 is 5.32 Å². The molecule has 0 radical (unpaired) electrons. The van der Waals surface area contributed by atoms with Gasteiger partial charge in [0.1, 0.15) is 0 Å². The summed E-state index contributed by atoms with van der Waals surface area (Å²) in [6.07, 6.45) is 2.46. The topological polar surface area (TPSA) is 41.1 Å². The largest absolute Gasteiger partial charge is 0.325 e. The molecule has 0 aromatic heterocycles. The summed E-state index contributed by atoms with van der Waals surface area (Å²) < 4.78 is 1.000. The van der Waals surface area contributed by atoms with E-state index in [4.69, 9.17) is 0 Å². The summed E-state index contributed by atoms with van der Waals surface area (Å²) in [6.45, 7) is 1.92. The minimum Gasteiger partial charge on any atom is -0.325 e. The molecular weight excluding hydrogens is 352 g/mol. The maximum Gasteiger partial charge on any atom is 0.241 e. The SMILES string of the molecule is C[C@@H](N[C@@H](c1ccccc1)C1CC1)C(=O)Nc1ccc(Br)cc1. The van der Waals surface area contributed by atoms with Gasteiger partial charge in [0, 0.05) is 16.2 Å². The van der Waals surface area contributed by atoms with E-state index in [-0.39, 0.29) is 18.0 Å². The van der Waals surface area contributed by atoms with Gasteiger partial charge in [-0.25, -0.2) is 0 Å². The lowest BCUT2D eigenvalue weighted by Gasteiger charge is -2.23. The molecule has 3 nitrogen and oxygen atoms in total. The number of benzene rings is 2. The molecule has 23 heavy (non-hydrogen) atoms. The highest BCUT2D eigenvalue weighted by Crippen LogP contribution is 2.41. The fourth-order valence-corrected chi connectivity index (χ4v) is 2.99. The van der Waals surface area contributed by atoms with Gasteiger partial charge in [0.2, 0.25) is 5.91 Å². The van der Waals surface area contributed by atoms with Crippen LogP contribution in [0, 0.1) is 5.92 Å². The van der Waals surface area contributed by atoms with Gasteiger partial charge in [-0.3, -0.25) is 10.1 Å². The fourth-order valence-electron chi connectivity index (χ4n) is 2.72. The molecule has 0 heterocycles. The Morgan fingerprint density at radius 3 is 2.35 bits per heavy atom. The average molecular weight is 373 g/mol. The number of rotatable bonds is 6. The van der Waals surface area contributed by atoms with Crippen LogP contribution in [0.2, 0.25) is 0 Å². The maximum absolute atomic E-state index is 12.4. The Labute approximate surface area is 145 Å². The highest BCUT2D eigenvalue weighted by molar-refractivity contribution is 9.10. The van der Waals surface area contributed by atoms with E-state index in [2.05, 4.69) is 50.8 Å². The molecule has 0 saturated heterocycles. The number of nitrogens with one attached hydrogen (secondary N) is 2. The van der Waals surface area contributed by atoms with Crippen LogP contribution in [0.5, 0.6) is 0 Å². The van der Waals surface area contributed by atoms with Gasteiger partial charge >= 0.3 is 0 Å². The molecule has 2 atom stereocenters. The summed E-state index contributed by atoms with van der Waals surface area (Å²) in [5.74, 6) is 0.634. The van der Waals surface area contributed by atoms with Gasteiger partial charge in [-0.05, 0) is 55.5 Å². The fraction of sp³-hybridized carbons (Fsp3) is 0.316. The summed E-state index contributed by atoms with van der Waals surface area (Å²) in [7, 11) is 0. The quantitative estimate of drug-likeness (QED) is 0.782. The van der Waals surface area contributed by atoms with Crippen LogP contribution in [0.15, 0.2) is 59.1 Å². The molecule has 1 amide bonds. The molecule has 1 fully saturated rings. The van der Waals surface area contributed by atoms with Crippen LogP contribution in [0.25, 0.3) is 0 Å². The summed E-state index contributed by atoms with van der Waals surface area (Å²) >= 11 is 3.40. The molecule has 0 unspecified atom stereocenters. The normalized spacial score (nSPS) is 16.6. The van der Waals surface area contributed by atoms with E-state index in [9.17, 15) is 4.79 Å². The molecule has 120 valence electrons. The van der Waals surface area contributed by atoms with Gasteiger partial charge in [-0.1, -0.05) is 46.3 Å². The number of amides is 1. The van der Waals surface area contributed by atoms with Crippen LogP contribution in [0.1, 0.15) is 31.4 Å². The first-order chi connectivity index (χ1) is 11.1. The number of carbonyl (C=O) groups is 1. The zero-order chi connectivity index (χ0) is 16.2. The number of hydrogen-bond donors (Lipinski definition) is 2. The third-order valence-corrected chi connectivity index (χ3v) is 4.72. The van der Waals surface area contributed by atoms with E-state index in [1.165, 1.54) is 18.4 Å². The lowest BCUT2D eigenvalue weighted by Crippen LogP contribution is -2.40. The van der Waals surface area contributed by atoms with Gasteiger partial charge in [-0.2, -0.15) is 0 Å². The summed E-state index contributed by atoms with van der Waals surface area (Å²) in [5.41, 5.74) is 2.08. The van der Waals surface area contributed by atoms with Crippen molar-refractivity contribution in [2.45, 2.75) is 31.8 Å². The first-order valence-electron chi connectivity index (χ1n) is 8.01. The highest BCUT2D eigenvalue weighted by atomic mass is 79.9. The van der Waals surface area contributed by atoms with Crippen LogP contribution >= 0.6 is 15.9 Å². The molecule has 2 aromatic carbocycles. The van der Waals surface area contributed by atoms with E-state index in [0.29, 0.717) is 5.92 Å². The van der Waals surface area contributed by atoms with Gasteiger partial charge in [-0.15, -0.1) is 0 Å². The zero-order valence-corrected chi connectivity index (χ0v) is 14.7. The molecule has 2 N–H and O–H groups in total. The van der Waals surface area contributed by atoms with E-state index in [0.717, 1.165) is 10.2 Å². The first kappa shape index (κ1) is 16.2. The van der Waals surface area contributed by atoms with E-state index >= 15 is 0 Å². The molecular formula is C19H21BrN2O. The van der Waals surface area contributed by atoms with Crippen molar-refractivity contribution < 1.29 is 4.79 Å².